The Morgan fingerprint density at radius 1 is 1.80 bits per heavy atom. The first-order valence-corrected chi connectivity index (χ1v) is 5.47. The first-order valence-electron chi connectivity index (χ1n) is 3.37. The van der Waals surface area contributed by atoms with E-state index in [2.05, 4.69) is 24.6 Å². The molecule has 1 aromatic heterocycles. The van der Waals surface area contributed by atoms with Gasteiger partial charge in [-0.3, -0.25) is 0 Å². The van der Waals surface area contributed by atoms with E-state index in [1.807, 2.05) is 17.8 Å². The van der Waals surface area contributed by atoms with E-state index in [0.29, 0.717) is 5.25 Å². The zero-order chi connectivity index (χ0) is 7.40. The topological polar surface area (TPSA) is 0 Å². The molecule has 1 unspecified atom stereocenters. The Morgan fingerprint density at radius 2 is 2.60 bits per heavy atom. The zero-order valence-corrected chi connectivity index (χ0v) is 7.89. The van der Waals surface area contributed by atoms with Gasteiger partial charge in [0, 0.05) is 15.5 Å². The average molecular weight is 171 g/mol. The second-order valence-electron chi connectivity index (χ2n) is 2.09. The molecule has 1 heterocycles. The van der Waals surface area contributed by atoms with Crippen molar-refractivity contribution in [1.82, 2.24) is 0 Å². The summed E-state index contributed by atoms with van der Waals surface area (Å²) in [7, 11) is 0. The van der Waals surface area contributed by atoms with Crippen molar-refractivity contribution in [1.29, 1.82) is 0 Å². The smallest absolute Gasteiger partial charge is 0.0446 e. The van der Waals surface area contributed by atoms with Crippen molar-refractivity contribution < 1.29 is 0 Å². The molecule has 0 N–H and O–H groups in total. The van der Waals surface area contributed by atoms with Gasteiger partial charge in [0.15, 0.2) is 0 Å². The minimum Gasteiger partial charge on any atom is -0.156 e. The van der Waals surface area contributed by atoms with Crippen molar-refractivity contribution in [2.75, 3.05) is 6.26 Å². The van der Waals surface area contributed by atoms with Crippen LogP contribution in [0.1, 0.15) is 23.5 Å². The maximum Gasteiger partial charge on any atom is 0.0446 e. The highest BCUT2D eigenvalue weighted by Crippen LogP contribution is 2.32. The second-order valence-corrected chi connectivity index (χ2v) is 4.04. The molecule has 1 atom stereocenters. The summed E-state index contributed by atoms with van der Waals surface area (Å²) in [6.45, 7) is 2.22. The van der Waals surface area contributed by atoms with Crippen molar-refractivity contribution in [2.24, 2.45) is 0 Å². The van der Waals surface area contributed by atoms with Crippen LogP contribution in [-0.4, -0.2) is 6.26 Å². The minimum absolute atomic E-state index is 0.691. The Kier molecular flexibility index (Phi) is 3.29. The molecular formula is C8H11S2. The fraction of sp³-hybridized carbons (Fsp3) is 0.500. The van der Waals surface area contributed by atoms with Gasteiger partial charge in [0.2, 0.25) is 0 Å². The molecule has 0 fully saturated rings. The molecule has 2 heteroatoms. The molecule has 0 spiro atoms. The van der Waals surface area contributed by atoms with Crippen molar-refractivity contribution >= 4 is 23.1 Å². The number of hydrogen-bond donors (Lipinski definition) is 0. The Balaban J connectivity index is 2.64. The summed E-state index contributed by atoms with van der Waals surface area (Å²) in [5.74, 6) is 0. The van der Waals surface area contributed by atoms with E-state index in [1.165, 1.54) is 11.3 Å². The van der Waals surface area contributed by atoms with E-state index in [1.54, 1.807) is 11.3 Å². The lowest BCUT2D eigenvalue weighted by Crippen LogP contribution is -1.85. The van der Waals surface area contributed by atoms with Gasteiger partial charge in [0.1, 0.15) is 0 Å². The van der Waals surface area contributed by atoms with Crippen LogP contribution in [-0.2, 0) is 0 Å². The van der Waals surface area contributed by atoms with Gasteiger partial charge >= 0.3 is 0 Å². The largest absolute Gasteiger partial charge is 0.156 e. The van der Waals surface area contributed by atoms with E-state index >= 15 is 0 Å². The van der Waals surface area contributed by atoms with Crippen LogP contribution in [0.15, 0.2) is 12.1 Å². The maximum atomic E-state index is 3.11. The number of rotatable bonds is 3. The highest BCUT2D eigenvalue weighted by Gasteiger charge is 2.06. The second kappa shape index (κ2) is 4.04. The monoisotopic (exact) mass is 171 g/mol. The molecule has 55 valence electrons. The third-order valence-corrected chi connectivity index (χ3v) is 3.68. The standard InChI is InChI=1S/C8H11S2/c1-3-7(9-2)8-5-4-6-10-8/h4-5,7H,3H2,1-2H3. The average Bonchev–Trinajstić information content (AvgIpc) is 2.43. The van der Waals surface area contributed by atoms with Crippen molar-refractivity contribution in [3.05, 3.63) is 22.4 Å². The SMILES string of the molecule is CCC(SC)c1cc[c]s1. The molecule has 1 rings (SSSR count). The predicted molar refractivity (Wildman–Crippen MR) is 49.7 cm³/mol. The summed E-state index contributed by atoms with van der Waals surface area (Å²) in [6.07, 6.45) is 3.38. The number of thiophene rings is 1. The third-order valence-electron chi connectivity index (χ3n) is 1.47. The fourth-order valence-corrected chi connectivity index (χ4v) is 2.69. The van der Waals surface area contributed by atoms with Gasteiger partial charge in [0.05, 0.1) is 0 Å². The lowest BCUT2D eigenvalue weighted by atomic mass is 10.3. The lowest BCUT2D eigenvalue weighted by molar-refractivity contribution is 0.916. The van der Waals surface area contributed by atoms with Gasteiger partial charge in [-0.15, -0.1) is 11.3 Å². The molecule has 0 aliphatic carbocycles. The van der Waals surface area contributed by atoms with Crippen LogP contribution in [0.2, 0.25) is 0 Å². The molecule has 0 saturated heterocycles. The Labute approximate surface area is 70.7 Å². The highest BCUT2D eigenvalue weighted by atomic mass is 32.2. The van der Waals surface area contributed by atoms with Crippen LogP contribution in [0.4, 0.5) is 0 Å². The normalized spacial score (nSPS) is 13.4. The van der Waals surface area contributed by atoms with E-state index in [0.717, 1.165) is 0 Å². The molecule has 0 aliphatic rings. The highest BCUT2D eigenvalue weighted by molar-refractivity contribution is 7.98. The van der Waals surface area contributed by atoms with E-state index in [9.17, 15) is 0 Å². The van der Waals surface area contributed by atoms with Crippen molar-refractivity contribution in [3.63, 3.8) is 0 Å². The molecule has 10 heavy (non-hydrogen) atoms. The molecule has 0 saturated carbocycles. The minimum atomic E-state index is 0.691. The summed E-state index contributed by atoms with van der Waals surface area (Å²) in [6, 6.07) is 4.16. The number of hydrogen-bond acceptors (Lipinski definition) is 2. The van der Waals surface area contributed by atoms with Gasteiger partial charge < -0.3 is 0 Å². The Morgan fingerprint density at radius 3 is 3.00 bits per heavy atom. The molecular weight excluding hydrogens is 160 g/mol. The van der Waals surface area contributed by atoms with E-state index < -0.39 is 0 Å². The van der Waals surface area contributed by atoms with Crippen LogP contribution in [0, 0.1) is 5.38 Å². The zero-order valence-electron chi connectivity index (χ0n) is 6.26. The molecule has 0 aromatic carbocycles. The summed E-state index contributed by atoms with van der Waals surface area (Å²) in [5.41, 5.74) is 0. The molecule has 1 aromatic rings. The van der Waals surface area contributed by atoms with Gasteiger partial charge in [0.25, 0.3) is 0 Å². The summed E-state index contributed by atoms with van der Waals surface area (Å²) >= 11 is 3.65. The van der Waals surface area contributed by atoms with E-state index in [4.69, 9.17) is 0 Å². The Hall–Kier alpha value is 0.0500. The molecule has 1 radical (unpaired) electrons. The molecule has 0 aliphatic heterocycles. The van der Waals surface area contributed by atoms with E-state index in [-0.39, 0.29) is 0 Å². The maximum absolute atomic E-state index is 3.11. The molecule has 0 amide bonds. The molecule has 0 nitrogen and oxygen atoms in total. The van der Waals surface area contributed by atoms with Crippen LogP contribution in [0.5, 0.6) is 0 Å². The number of thioether (sulfide) groups is 1. The predicted octanol–water partition coefficient (Wildman–Crippen LogP) is 3.36. The van der Waals surface area contributed by atoms with Gasteiger partial charge in [-0.1, -0.05) is 6.92 Å². The third kappa shape index (κ3) is 1.77. The van der Waals surface area contributed by atoms with Crippen LogP contribution in [0.3, 0.4) is 0 Å². The van der Waals surface area contributed by atoms with Crippen LogP contribution >= 0.6 is 23.1 Å². The van der Waals surface area contributed by atoms with Crippen LogP contribution < -0.4 is 0 Å². The van der Waals surface area contributed by atoms with Crippen molar-refractivity contribution in [2.45, 2.75) is 18.6 Å². The summed E-state index contributed by atoms with van der Waals surface area (Å²) < 4.78 is 0. The van der Waals surface area contributed by atoms with Gasteiger partial charge in [-0.05, 0) is 24.8 Å². The first kappa shape index (κ1) is 8.15. The summed E-state index contributed by atoms with van der Waals surface area (Å²) in [5, 5.41) is 3.80. The van der Waals surface area contributed by atoms with Crippen LogP contribution in [0.25, 0.3) is 0 Å². The quantitative estimate of drug-likeness (QED) is 0.672. The molecule has 0 bridgehead atoms. The lowest BCUT2D eigenvalue weighted by Gasteiger charge is -2.07. The first-order chi connectivity index (χ1) is 4.88. The Bertz CT molecular complexity index is 163. The van der Waals surface area contributed by atoms with Gasteiger partial charge in [-0.25, -0.2) is 0 Å². The fourth-order valence-electron chi connectivity index (χ4n) is 0.909. The van der Waals surface area contributed by atoms with Gasteiger partial charge in [-0.2, -0.15) is 11.8 Å². The summed E-state index contributed by atoms with van der Waals surface area (Å²) in [4.78, 5) is 1.45. The van der Waals surface area contributed by atoms with Crippen molar-refractivity contribution in [3.8, 4) is 0 Å².